The highest BCUT2D eigenvalue weighted by Crippen LogP contribution is 2.24. The number of carbonyl (C=O) groups excluding carboxylic acids is 1. The third-order valence-electron chi connectivity index (χ3n) is 2.68. The number of carbonyl (C=O) groups is 1. The van der Waals surface area contributed by atoms with Crippen LogP contribution in [0.5, 0.6) is 0 Å². The zero-order valence-electron chi connectivity index (χ0n) is 11.2. The van der Waals surface area contributed by atoms with Crippen LogP contribution in [-0.4, -0.2) is 17.4 Å². The highest BCUT2D eigenvalue weighted by Gasteiger charge is 2.06. The number of halogens is 1. The van der Waals surface area contributed by atoms with Crippen molar-refractivity contribution in [2.75, 3.05) is 11.9 Å². The lowest BCUT2D eigenvalue weighted by molar-refractivity contribution is 0.0949. The molecule has 0 aliphatic carbocycles. The summed E-state index contributed by atoms with van der Waals surface area (Å²) in [5.41, 5.74) is 2.22. The maximum atomic E-state index is 11.7. The van der Waals surface area contributed by atoms with Crippen LogP contribution >= 0.6 is 15.9 Å². The van der Waals surface area contributed by atoms with Crippen molar-refractivity contribution in [2.24, 2.45) is 0 Å². The van der Waals surface area contributed by atoms with Gasteiger partial charge in [0.05, 0.1) is 17.6 Å². The molecule has 5 heteroatoms. The molecule has 4 nitrogen and oxygen atoms in total. The van der Waals surface area contributed by atoms with Gasteiger partial charge in [0, 0.05) is 11.0 Å². The number of hydrogen-bond acceptors (Lipinski definition) is 3. The van der Waals surface area contributed by atoms with Crippen molar-refractivity contribution in [3.63, 3.8) is 0 Å². The van der Waals surface area contributed by atoms with Crippen molar-refractivity contribution in [2.45, 2.75) is 13.3 Å². The van der Waals surface area contributed by atoms with Gasteiger partial charge in [0.15, 0.2) is 0 Å². The molecule has 0 saturated heterocycles. The van der Waals surface area contributed by atoms with Crippen molar-refractivity contribution >= 4 is 33.2 Å². The third kappa shape index (κ3) is 3.81. The van der Waals surface area contributed by atoms with E-state index in [9.17, 15) is 4.79 Å². The monoisotopic (exact) mass is 333 g/mol. The molecule has 2 rings (SSSR count). The van der Waals surface area contributed by atoms with Gasteiger partial charge in [-0.15, -0.1) is 0 Å². The van der Waals surface area contributed by atoms with E-state index in [1.165, 1.54) is 0 Å². The summed E-state index contributed by atoms with van der Waals surface area (Å²) in [6.45, 7) is 2.68. The predicted octanol–water partition coefficient (Wildman–Crippen LogP) is 3.73. The molecule has 1 aromatic carbocycles. The van der Waals surface area contributed by atoms with Gasteiger partial charge in [-0.05, 0) is 46.6 Å². The zero-order valence-corrected chi connectivity index (χ0v) is 12.8. The van der Waals surface area contributed by atoms with Crippen molar-refractivity contribution in [1.82, 2.24) is 10.3 Å². The van der Waals surface area contributed by atoms with Gasteiger partial charge in [-0.3, -0.25) is 4.79 Å². The van der Waals surface area contributed by atoms with Gasteiger partial charge in [-0.25, -0.2) is 4.98 Å². The average Bonchev–Trinajstić information content (AvgIpc) is 2.48. The molecule has 0 fully saturated rings. The lowest BCUT2D eigenvalue weighted by atomic mass is 10.3. The van der Waals surface area contributed by atoms with Crippen LogP contribution < -0.4 is 10.6 Å². The summed E-state index contributed by atoms with van der Waals surface area (Å²) in [6.07, 6.45) is 2.56. The van der Waals surface area contributed by atoms with E-state index in [1.807, 2.05) is 37.3 Å². The second-order valence-electron chi connectivity index (χ2n) is 4.29. The first-order valence-electron chi connectivity index (χ1n) is 6.46. The number of amides is 1. The summed E-state index contributed by atoms with van der Waals surface area (Å²) in [6, 6.07) is 11.4. The molecule has 0 unspecified atom stereocenters. The summed E-state index contributed by atoms with van der Waals surface area (Å²) in [4.78, 5) is 15.9. The van der Waals surface area contributed by atoms with E-state index < -0.39 is 0 Å². The van der Waals surface area contributed by atoms with Crippen LogP contribution in [0, 0.1) is 0 Å². The number of anilines is 2. The minimum atomic E-state index is -0.140. The van der Waals surface area contributed by atoms with Crippen LogP contribution in [0.3, 0.4) is 0 Å². The number of rotatable bonds is 5. The molecular weight excluding hydrogens is 318 g/mol. The van der Waals surface area contributed by atoms with Crippen LogP contribution in [0.25, 0.3) is 0 Å². The molecule has 1 aromatic heterocycles. The van der Waals surface area contributed by atoms with Gasteiger partial charge < -0.3 is 10.6 Å². The maximum Gasteiger partial charge on any atom is 0.269 e. The smallest absolute Gasteiger partial charge is 0.269 e. The molecule has 0 aliphatic rings. The standard InChI is InChI=1S/C15H16BrN3O/c1-2-9-17-15(20)14-8-7-11(10-18-14)19-13-6-4-3-5-12(13)16/h3-8,10,19H,2,9H2,1H3,(H,17,20). The van der Waals surface area contributed by atoms with E-state index in [4.69, 9.17) is 0 Å². The fourth-order valence-electron chi connectivity index (χ4n) is 1.65. The summed E-state index contributed by atoms with van der Waals surface area (Å²) in [5, 5.41) is 6.04. The van der Waals surface area contributed by atoms with Gasteiger partial charge in [0.1, 0.15) is 5.69 Å². The lowest BCUT2D eigenvalue weighted by Gasteiger charge is -2.08. The number of para-hydroxylation sites is 1. The van der Waals surface area contributed by atoms with Crippen molar-refractivity contribution in [1.29, 1.82) is 0 Å². The molecular formula is C15H16BrN3O. The van der Waals surface area contributed by atoms with Gasteiger partial charge >= 0.3 is 0 Å². The van der Waals surface area contributed by atoms with Crippen LogP contribution in [-0.2, 0) is 0 Å². The van der Waals surface area contributed by atoms with Crippen molar-refractivity contribution in [3.05, 3.63) is 52.8 Å². The van der Waals surface area contributed by atoms with E-state index in [0.717, 1.165) is 22.3 Å². The van der Waals surface area contributed by atoms with Gasteiger partial charge in [0.2, 0.25) is 0 Å². The molecule has 0 bridgehead atoms. The molecule has 0 atom stereocenters. The SMILES string of the molecule is CCCNC(=O)c1ccc(Nc2ccccc2Br)cn1. The Morgan fingerprint density at radius 1 is 1.25 bits per heavy atom. The van der Waals surface area contributed by atoms with E-state index in [1.54, 1.807) is 12.3 Å². The number of hydrogen-bond donors (Lipinski definition) is 2. The second kappa shape index (κ2) is 7.05. The van der Waals surface area contributed by atoms with Crippen molar-refractivity contribution in [3.8, 4) is 0 Å². The molecule has 1 heterocycles. The number of pyridine rings is 1. The minimum Gasteiger partial charge on any atom is -0.353 e. The first kappa shape index (κ1) is 14.5. The summed E-state index contributed by atoms with van der Waals surface area (Å²) >= 11 is 3.47. The molecule has 2 aromatic rings. The van der Waals surface area contributed by atoms with Gasteiger partial charge in [0.25, 0.3) is 5.91 Å². The molecule has 0 saturated carbocycles. The molecule has 104 valence electrons. The van der Waals surface area contributed by atoms with Crippen LogP contribution in [0.15, 0.2) is 47.1 Å². The molecule has 0 aliphatic heterocycles. The Balaban J connectivity index is 2.05. The van der Waals surface area contributed by atoms with Crippen molar-refractivity contribution < 1.29 is 4.79 Å². The average molecular weight is 334 g/mol. The Bertz CT molecular complexity index is 584. The summed E-state index contributed by atoms with van der Waals surface area (Å²) in [7, 11) is 0. The van der Waals surface area contributed by atoms with E-state index >= 15 is 0 Å². The van der Waals surface area contributed by atoms with Crippen LogP contribution in [0.1, 0.15) is 23.8 Å². The van der Waals surface area contributed by atoms with E-state index in [2.05, 4.69) is 31.5 Å². The zero-order chi connectivity index (χ0) is 14.4. The van der Waals surface area contributed by atoms with E-state index in [-0.39, 0.29) is 5.91 Å². The van der Waals surface area contributed by atoms with Gasteiger partial charge in [-0.2, -0.15) is 0 Å². The van der Waals surface area contributed by atoms with E-state index in [0.29, 0.717) is 12.2 Å². The molecule has 2 N–H and O–H groups in total. The molecule has 0 radical (unpaired) electrons. The number of benzene rings is 1. The number of nitrogens with one attached hydrogen (secondary N) is 2. The highest BCUT2D eigenvalue weighted by atomic mass is 79.9. The fraction of sp³-hybridized carbons (Fsp3) is 0.200. The maximum absolute atomic E-state index is 11.7. The lowest BCUT2D eigenvalue weighted by Crippen LogP contribution is -2.24. The Morgan fingerprint density at radius 2 is 2.05 bits per heavy atom. The number of aromatic nitrogens is 1. The molecule has 1 amide bonds. The highest BCUT2D eigenvalue weighted by molar-refractivity contribution is 9.10. The Hall–Kier alpha value is -1.88. The predicted molar refractivity (Wildman–Crippen MR) is 84.3 cm³/mol. The quantitative estimate of drug-likeness (QED) is 0.876. The Labute approximate surface area is 126 Å². The molecule has 0 spiro atoms. The first-order chi connectivity index (χ1) is 9.70. The minimum absolute atomic E-state index is 0.140. The van der Waals surface area contributed by atoms with Crippen LogP contribution in [0.2, 0.25) is 0 Å². The van der Waals surface area contributed by atoms with Crippen LogP contribution in [0.4, 0.5) is 11.4 Å². The normalized spacial score (nSPS) is 10.1. The first-order valence-corrected chi connectivity index (χ1v) is 7.26. The summed E-state index contributed by atoms with van der Waals surface area (Å²) in [5.74, 6) is -0.140. The number of nitrogens with zero attached hydrogens (tertiary/aromatic N) is 1. The van der Waals surface area contributed by atoms with Gasteiger partial charge in [-0.1, -0.05) is 19.1 Å². The fourth-order valence-corrected chi connectivity index (χ4v) is 2.03. The topological polar surface area (TPSA) is 54.0 Å². The molecule has 20 heavy (non-hydrogen) atoms. The largest absolute Gasteiger partial charge is 0.353 e. The second-order valence-corrected chi connectivity index (χ2v) is 5.15. The third-order valence-corrected chi connectivity index (χ3v) is 3.38. The Morgan fingerprint density at radius 3 is 2.70 bits per heavy atom. The Kier molecular flexibility index (Phi) is 5.12. The summed E-state index contributed by atoms with van der Waals surface area (Å²) < 4.78 is 0.977.